The molecule has 22 heavy (non-hydrogen) atoms. The van der Waals surface area contributed by atoms with Crippen molar-refractivity contribution in [1.82, 2.24) is 0 Å². The monoisotopic (exact) mass is 347 g/mol. The highest BCUT2D eigenvalue weighted by Gasteiger charge is 2.42. The summed E-state index contributed by atoms with van der Waals surface area (Å²) in [5.74, 6) is 1.98. The molecule has 0 amide bonds. The van der Waals surface area contributed by atoms with Crippen molar-refractivity contribution in [3.8, 4) is 0 Å². The summed E-state index contributed by atoms with van der Waals surface area (Å²) in [7, 11) is 0. The zero-order valence-electron chi connectivity index (χ0n) is 11.7. The first-order valence-corrected chi connectivity index (χ1v) is 9.23. The summed E-state index contributed by atoms with van der Waals surface area (Å²) in [5, 5.41) is 0.635. The van der Waals surface area contributed by atoms with Gasteiger partial charge in [0.15, 0.2) is 9.86 Å². The third kappa shape index (κ3) is 3.40. The fraction of sp³-hybridized carbons (Fsp3) is 0.176. The van der Waals surface area contributed by atoms with Gasteiger partial charge in [0, 0.05) is 28.3 Å². The molecule has 0 aromatic heterocycles. The van der Waals surface area contributed by atoms with Gasteiger partial charge in [0.2, 0.25) is 0 Å². The highest BCUT2D eigenvalue weighted by Crippen LogP contribution is 2.45. The van der Waals surface area contributed by atoms with Crippen LogP contribution in [0.2, 0.25) is 5.02 Å². The average molecular weight is 348 g/mol. The lowest BCUT2D eigenvalue weighted by Gasteiger charge is -2.20. The third-order valence-electron chi connectivity index (χ3n) is 3.28. The summed E-state index contributed by atoms with van der Waals surface area (Å²) in [6.45, 7) is 0. The van der Waals surface area contributed by atoms with Crippen molar-refractivity contribution in [3.05, 3.63) is 65.2 Å². The molecule has 0 unspecified atom stereocenters. The van der Waals surface area contributed by atoms with Crippen molar-refractivity contribution >= 4 is 52.8 Å². The number of carbonyl (C=O) groups is 1. The van der Waals surface area contributed by atoms with E-state index in [2.05, 4.69) is 4.99 Å². The van der Waals surface area contributed by atoms with Gasteiger partial charge in [0.1, 0.15) is 0 Å². The molecule has 2 nitrogen and oxygen atoms in total. The van der Waals surface area contributed by atoms with Gasteiger partial charge in [0.05, 0.1) is 5.69 Å². The number of thioether (sulfide) groups is 2. The van der Waals surface area contributed by atoms with Gasteiger partial charge in [-0.2, -0.15) is 0 Å². The molecule has 0 aliphatic carbocycles. The van der Waals surface area contributed by atoms with Crippen molar-refractivity contribution in [2.75, 3.05) is 11.5 Å². The minimum Gasteiger partial charge on any atom is -0.291 e. The Kier molecular flexibility index (Phi) is 4.91. The predicted molar refractivity (Wildman–Crippen MR) is 98.0 cm³/mol. The molecule has 0 atom stereocenters. The molecule has 1 heterocycles. The lowest BCUT2D eigenvalue weighted by Crippen LogP contribution is -2.31. The zero-order valence-corrected chi connectivity index (χ0v) is 14.1. The van der Waals surface area contributed by atoms with Crippen LogP contribution in [-0.2, 0) is 0 Å². The summed E-state index contributed by atoms with van der Waals surface area (Å²) in [6.07, 6.45) is 1.79. The standard InChI is InChI=1S/C17H14ClNOS2/c18-14-8-6-13(7-9-14)16(20)17(21-10-11-22-17)12-19-15-4-2-1-3-5-15/h1-9,12H,10-11H2. The van der Waals surface area contributed by atoms with Crippen LogP contribution in [0, 0.1) is 0 Å². The van der Waals surface area contributed by atoms with Crippen LogP contribution in [0.15, 0.2) is 59.6 Å². The first kappa shape index (κ1) is 15.7. The van der Waals surface area contributed by atoms with Crippen LogP contribution in [0.25, 0.3) is 0 Å². The summed E-state index contributed by atoms with van der Waals surface area (Å²) < 4.78 is -0.635. The molecule has 5 heteroatoms. The Bertz CT molecular complexity index is 680. The molecule has 0 N–H and O–H groups in total. The molecule has 0 saturated carbocycles. The van der Waals surface area contributed by atoms with Gasteiger partial charge in [-0.15, -0.1) is 23.5 Å². The number of hydrogen-bond donors (Lipinski definition) is 0. The number of benzene rings is 2. The smallest absolute Gasteiger partial charge is 0.194 e. The van der Waals surface area contributed by atoms with Gasteiger partial charge in [-0.1, -0.05) is 29.8 Å². The Labute approximate surface area is 143 Å². The number of para-hydroxylation sites is 1. The Balaban J connectivity index is 1.89. The number of ketones is 1. The van der Waals surface area contributed by atoms with Gasteiger partial charge in [-0.25, -0.2) is 0 Å². The molecule has 1 aliphatic rings. The van der Waals surface area contributed by atoms with Crippen LogP contribution in [0.1, 0.15) is 10.4 Å². The Morgan fingerprint density at radius 3 is 2.32 bits per heavy atom. The second-order valence-corrected chi connectivity index (χ2v) is 8.17. The molecule has 0 bridgehead atoms. The van der Waals surface area contributed by atoms with E-state index in [1.807, 2.05) is 30.3 Å². The van der Waals surface area contributed by atoms with E-state index in [4.69, 9.17) is 11.6 Å². The van der Waals surface area contributed by atoms with Crippen molar-refractivity contribution < 1.29 is 4.79 Å². The average Bonchev–Trinajstić information content (AvgIpc) is 3.04. The van der Waals surface area contributed by atoms with Crippen LogP contribution in [-0.4, -0.2) is 27.6 Å². The largest absolute Gasteiger partial charge is 0.291 e. The lowest BCUT2D eigenvalue weighted by atomic mass is 10.1. The number of nitrogens with zero attached hydrogens (tertiary/aromatic N) is 1. The second kappa shape index (κ2) is 6.90. The molecule has 0 spiro atoms. The van der Waals surface area contributed by atoms with Crippen LogP contribution < -0.4 is 0 Å². The van der Waals surface area contributed by atoms with Gasteiger partial charge in [-0.3, -0.25) is 9.79 Å². The van der Waals surface area contributed by atoms with Crippen LogP contribution in [0.5, 0.6) is 0 Å². The van der Waals surface area contributed by atoms with E-state index in [-0.39, 0.29) is 5.78 Å². The number of carbonyl (C=O) groups excluding carboxylic acids is 1. The quantitative estimate of drug-likeness (QED) is 0.569. The number of halogens is 1. The number of rotatable bonds is 4. The molecule has 1 fully saturated rings. The maximum atomic E-state index is 12.9. The molecular weight excluding hydrogens is 334 g/mol. The third-order valence-corrected chi connectivity index (χ3v) is 6.75. The molecule has 112 valence electrons. The fourth-order valence-corrected chi connectivity index (χ4v) is 5.15. The second-order valence-electron chi connectivity index (χ2n) is 4.79. The zero-order chi connectivity index (χ0) is 15.4. The van der Waals surface area contributed by atoms with E-state index in [0.29, 0.717) is 10.6 Å². The topological polar surface area (TPSA) is 29.4 Å². The fourth-order valence-electron chi connectivity index (χ4n) is 2.17. The van der Waals surface area contributed by atoms with Crippen molar-refractivity contribution in [2.24, 2.45) is 4.99 Å². The molecule has 1 aliphatic heterocycles. The van der Waals surface area contributed by atoms with E-state index < -0.39 is 4.08 Å². The minimum atomic E-state index is -0.635. The number of Topliss-reactive ketones (excluding diaryl/α,β-unsaturated/α-hetero) is 1. The summed E-state index contributed by atoms with van der Waals surface area (Å²) in [4.78, 5) is 17.4. The summed E-state index contributed by atoms with van der Waals surface area (Å²) in [6, 6.07) is 16.8. The van der Waals surface area contributed by atoms with Crippen molar-refractivity contribution in [3.63, 3.8) is 0 Å². The normalized spacial score (nSPS) is 17.0. The first-order chi connectivity index (χ1) is 10.7. The first-order valence-electron chi connectivity index (χ1n) is 6.88. The lowest BCUT2D eigenvalue weighted by molar-refractivity contribution is 0.0998. The van der Waals surface area contributed by atoms with E-state index in [0.717, 1.165) is 17.2 Å². The maximum Gasteiger partial charge on any atom is 0.194 e. The number of hydrogen-bond acceptors (Lipinski definition) is 4. The van der Waals surface area contributed by atoms with Gasteiger partial charge in [0.25, 0.3) is 0 Å². The molecule has 2 aromatic carbocycles. The van der Waals surface area contributed by atoms with E-state index in [9.17, 15) is 4.79 Å². The van der Waals surface area contributed by atoms with Crippen LogP contribution in [0.3, 0.4) is 0 Å². The van der Waals surface area contributed by atoms with E-state index in [1.54, 1.807) is 54.0 Å². The highest BCUT2D eigenvalue weighted by atomic mass is 35.5. The van der Waals surface area contributed by atoms with Gasteiger partial charge < -0.3 is 0 Å². The van der Waals surface area contributed by atoms with Gasteiger partial charge >= 0.3 is 0 Å². The Morgan fingerprint density at radius 1 is 1.05 bits per heavy atom. The van der Waals surface area contributed by atoms with Crippen molar-refractivity contribution in [2.45, 2.75) is 4.08 Å². The van der Waals surface area contributed by atoms with E-state index >= 15 is 0 Å². The molecule has 0 radical (unpaired) electrons. The molecule has 1 saturated heterocycles. The maximum absolute atomic E-state index is 12.9. The highest BCUT2D eigenvalue weighted by molar-refractivity contribution is 8.23. The van der Waals surface area contributed by atoms with Crippen LogP contribution in [0.4, 0.5) is 5.69 Å². The summed E-state index contributed by atoms with van der Waals surface area (Å²) >= 11 is 9.20. The molecule has 2 aromatic rings. The predicted octanol–water partition coefficient (Wildman–Crippen LogP) is 5.10. The summed E-state index contributed by atoms with van der Waals surface area (Å²) in [5.41, 5.74) is 1.53. The van der Waals surface area contributed by atoms with E-state index in [1.165, 1.54) is 0 Å². The van der Waals surface area contributed by atoms with Gasteiger partial charge in [-0.05, 0) is 36.4 Å². The molecular formula is C17H14ClNOS2. The minimum absolute atomic E-state index is 0.0800. The van der Waals surface area contributed by atoms with Crippen molar-refractivity contribution in [1.29, 1.82) is 0 Å². The Morgan fingerprint density at radius 2 is 1.68 bits per heavy atom. The molecule has 3 rings (SSSR count). The Hall–Kier alpha value is -1.23. The number of aliphatic imine (C=N–C) groups is 1. The van der Waals surface area contributed by atoms with Crippen LogP contribution >= 0.6 is 35.1 Å². The SMILES string of the molecule is O=C(c1ccc(Cl)cc1)C1(C=Nc2ccccc2)SCCS1.